The van der Waals surface area contributed by atoms with Gasteiger partial charge in [-0.1, -0.05) is 6.42 Å². The maximum atomic E-state index is 12.0. The number of esters is 1. The number of carbonyl (C=O) groups excluding carboxylic acids is 1. The standard InChI is InChI=1S/C14H27NO3S/c1-3-18-13(16)14(15)8-4-6-12(14)7-11-19-10-5-9-17-2/h12H,3-11,15H2,1-2H3. The molecule has 0 aromatic carbocycles. The smallest absolute Gasteiger partial charge is 0.326 e. The van der Waals surface area contributed by atoms with Gasteiger partial charge in [-0.15, -0.1) is 0 Å². The van der Waals surface area contributed by atoms with Gasteiger partial charge in [0, 0.05) is 13.7 Å². The number of hydrogen-bond acceptors (Lipinski definition) is 5. The van der Waals surface area contributed by atoms with Crippen molar-refractivity contribution in [2.75, 3.05) is 31.8 Å². The van der Waals surface area contributed by atoms with E-state index in [-0.39, 0.29) is 11.9 Å². The molecular weight excluding hydrogens is 262 g/mol. The van der Waals surface area contributed by atoms with Crippen LogP contribution in [0.15, 0.2) is 0 Å². The van der Waals surface area contributed by atoms with Crippen molar-refractivity contribution in [3.8, 4) is 0 Å². The summed E-state index contributed by atoms with van der Waals surface area (Å²) in [5.41, 5.74) is 5.56. The molecule has 2 N–H and O–H groups in total. The molecule has 2 atom stereocenters. The second-order valence-corrected chi connectivity index (χ2v) is 6.32. The summed E-state index contributed by atoms with van der Waals surface area (Å²) in [4.78, 5) is 12.0. The van der Waals surface area contributed by atoms with Gasteiger partial charge in [0.1, 0.15) is 5.54 Å². The summed E-state index contributed by atoms with van der Waals surface area (Å²) in [6, 6.07) is 0. The van der Waals surface area contributed by atoms with Crippen molar-refractivity contribution in [3.63, 3.8) is 0 Å². The van der Waals surface area contributed by atoms with Crippen LogP contribution in [-0.4, -0.2) is 43.3 Å². The highest BCUT2D eigenvalue weighted by molar-refractivity contribution is 7.99. The molecule has 0 saturated heterocycles. The molecule has 1 aliphatic carbocycles. The maximum absolute atomic E-state index is 12.0. The monoisotopic (exact) mass is 289 g/mol. The first kappa shape index (κ1) is 16.8. The Morgan fingerprint density at radius 2 is 2.26 bits per heavy atom. The first-order valence-electron chi connectivity index (χ1n) is 7.18. The quantitative estimate of drug-likeness (QED) is 0.521. The van der Waals surface area contributed by atoms with Crippen LogP contribution < -0.4 is 5.73 Å². The minimum atomic E-state index is -0.733. The van der Waals surface area contributed by atoms with E-state index in [2.05, 4.69) is 0 Å². The van der Waals surface area contributed by atoms with E-state index in [0.29, 0.717) is 6.61 Å². The Bertz CT molecular complexity index is 275. The van der Waals surface area contributed by atoms with Crippen LogP contribution >= 0.6 is 11.8 Å². The molecule has 112 valence electrons. The van der Waals surface area contributed by atoms with Crippen LogP contribution in [0.5, 0.6) is 0 Å². The minimum Gasteiger partial charge on any atom is -0.465 e. The van der Waals surface area contributed by atoms with E-state index in [4.69, 9.17) is 15.2 Å². The zero-order valence-electron chi connectivity index (χ0n) is 12.2. The molecule has 0 aromatic heterocycles. The second-order valence-electron chi connectivity index (χ2n) is 5.10. The molecule has 1 rings (SSSR count). The number of hydrogen-bond donors (Lipinski definition) is 1. The molecule has 0 heterocycles. The minimum absolute atomic E-state index is 0.207. The fraction of sp³-hybridized carbons (Fsp3) is 0.929. The molecule has 2 unspecified atom stereocenters. The predicted molar refractivity (Wildman–Crippen MR) is 79.3 cm³/mol. The lowest BCUT2D eigenvalue weighted by Gasteiger charge is -2.28. The maximum Gasteiger partial charge on any atom is 0.326 e. The highest BCUT2D eigenvalue weighted by Crippen LogP contribution is 2.37. The van der Waals surface area contributed by atoms with Gasteiger partial charge >= 0.3 is 5.97 Å². The molecule has 0 spiro atoms. The summed E-state index contributed by atoms with van der Waals surface area (Å²) in [6.45, 7) is 3.06. The topological polar surface area (TPSA) is 61.5 Å². The zero-order valence-corrected chi connectivity index (χ0v) is 13.0. The molecular formula is C14H27NO3S. The van der Waals surface area contributed by atoms with Gasteiger partial charge in [0.05, 0.1) is 6.61 Å². The molecule has 0 aromatic rings. The lowest BCUT2D eigenvalue weighted by molar-refractivity contribution is -0.151. The van der Waals surface area contributed by atoms with E-state index >= 15 is 0 Å². The summed E-state index contributed by atoms with van der Waals surface area (Å²) in [5, 5.41) is 0. The highest BCUT2D eigenvalue weighted by Gasteiger charge is 2.46. The molecule has 1 aliphatic rings. The van der Waals surface area contributed by atoms with E-state index in [1.165, 1.54) is 0 Å². The lowest BCUT2D eigenvalue weighted by atomic mass is 9.86. The fourth-order valence-corrected chi connectivity index (χ4v) is 3.65. The van der Waals surface area contributed by atoms with E-state index < -0.39 is 5.54 Å². The van der Waals surface area contributed by atoms with Gasteiger partial charge in [-0.05, 0) is 50.0 Å². The number of ether oxygens (including phenoxy) is 2. The molecule has 0 aliphatic heterocycles. The van der Waals surface area contributed by atoms with Crippen LogP contribution in [-0.2, 0) is 14.3 Å². The summed E-state index contributed by atoms with van der Waals surface area (Å²) >= 11 is 1.92. The molecule has 19 heavy (non-hydrogen) atoms. The largest absolute Gasteiger partial charge is 0.465 e. The number of methoxy groups -OCH3 is 1. The average Bonchev–Trinajstić information content (AvgIpc) is 2.77. The van der Waals surface area contributed by atoms with Crippen molar-refractivity contribution in [3.05, 3.63) is 0 Å². The molecule has 5 heteroatoms. The molecule has 1 fully saturated rings. The summed E-state index contributed by atoms with van der Waals surface area (Å²) in [6.07, 6.45) is 4.94. The Morgan fingerprint density at radius 1 is 1.47 bits per heavy atom. The van der Waals surface area contributed by atoms with Crippen molar-refractivity contribution in [2.45, 2.75) is 44.6 Å². The molecule has 0 bridgehead atoms. The van der Waals surface area contributed by atoms with E-state index in [0.717, 1.165) is 50.2 Å². The Labute approximate surface area is 120 Å². The number of carbonyl (C=O) groups is 1. The predicted octanol–water partition coefficient (Wildman–Crippen LogP) is 2.21. The van der Waals surface area contributed by atoms with E-state index in [1.54, 1.807) is 7.11 Å². The SMILES string of the molecule is CCOC(=O)C1(N)CCCC1CCSCCCOC. The van der Waals surface area contributed by atoms with Crippen molar-refractivity contribution < 1.29 is 14.3 Å². The normalized spacial score (nSPS) is 26.6. The first-order chi connectivity index (χ1) is 9.15. The highest BCUT2D eigenvalue weighted by atomic mass is 32.2. The third kappa shape index (κ3) is 4.97. The molecule has 1 saturated carbocycles. The Hall–Kier alpha value is -0.260. The molecule has 0 amide bonds. The van der Waals surface area contributed by atoms with Gasteiger partial charge in [-0.25, -0.2) is 0 Å². The van der Waals surface area contributed by atoms with Crippen molar-refractivity contribution in [1.29, 1.82) is 0 Å². The average molecular weight is 289 g/mol. The summed E-state index contributed by atoms with van der Waals surface area (Å²) in [5.74, 6) is 2.24. The number of nitrogens with two attached hydrogens (primary N) is 1. The summed E-state index contributed by atoms with van der Waals surface area (Å²) < 4.78 is 10.1. The Kier molecular flexibility index (Phi) is 7.80. The van der Waals surface area contributed by atoms with Crippen molar-refractivity contribution in [1.82, 2.24) is 0 Å². The first-order valence-corrected chi connectivity index (χ1v) is 8.33. The second kappa shape index (κ2) is 8.82. The van der Waals surface area contributed by atoms with Gasteiger partial charge in [-0.2, -0.15) is 11.8 Å². The van der Waals surface area contributed by atoms with E-state index in [1.807, 2.05) is 18.7 Å². The van der Waals surface area contributed by atoms with Crippen LogP contribution in [0.4, 0.5) is 0 Å². The molecule has 4 nitrogen and oxygen atoms in total. The Balaban J connectivity index is 2.29. The number of rotatable bonds is 9. The van der Waals surface area contributed by atoms with Crippen LogP contribution in [0.25, 0.3) is 0 Å². The summed E-state index contributed by atoms with van der Waals surface area (Å²) in [7, 11) is 1.73. The third-order valence-electron chi connectivity index (χ3n) is 3.77. The van der Waals surface area contributed by atoms with Crippen LogP contribution in [0, 0.1) is 5.92 Å². The van der Waals surface area contributed by atoms with Gasteiger partial charge < -0.3 is 15.2 Å². The van der Waals surface area contributed by atoms with Gasteiger partial charge in [-0.3, -0.25) is 4.79 Å². The fourth-order valence-electron chi connectivity index (χ4n) is 2.67. The van der Waals surface area contributed by atoms with Crippen LogP contribution in [0.1, 0.15) is 39.0 Å². The van der Waals surface area contributed by atoms with Crippen molar-refractivity contribution in [2.24, 2.45) is 11.7 Å². The number of thioether (sulfide) groups is 1. The van der Waals surface area contributed by atoms with Crippen LogP contribution in [0.3, 0.4) is 0 Å². The van der Waals surface area contributed by atoms with Gasteiger partial charge in [0.25, 0.3) is 0 Å². The van der Waals surface area contributed by atoms with Gasteiger partial charge in [0.2, 0.25) is 0 Å². The zero-order chi connectivity index (χ0) is 14.1. The Morgan fingerprint density at radius 3 is 2.95 bits per heavy atom. The lowest BCUT2D eigenvalue weighted by Crippen LogP contribution is -2.52. The van der Waals surface area contributed by atoms with Crippen molar-refractivity contribution >= 4 is 17.7 Å². The van der Waals surface area contributed by atoms with Gasteiger partial charge in [0.15, 0.2) is 0 Å². The van der Waals surface area contributed by atoms with Crippen LogP contribution in [0.2, 0.25) is 0 Å². The third-order valence-corrected chi connectivity index (χ3v) is 4.88. The molecule has 0 radical (unpaired) electrons. The van der Waals surface area contributed by atoms with E-state index in [9.17, 15) is 4.79 Å².